The van der Waals surface area contributed by atoms with Crippen LogP contribution in [0.3, 0.4) is 0 Å². The molecule has 0 aliphatic carbocycles. The third kappa shape index (κ3) is 5.59. The molecule has 0 saturated carbocycles. The third-order valence-corrected chi connectivity index (χ3v) is 3.85. The lowest BCUT2D eigenvalue weighted by molar-refractivity contribution is 0.0196. The van der Waals surface area contributed by atoms with Gasteiger partial charge in [0.05, 0.1) is 6.04 Å². The monoisotopic (exact) mass is 330 g/mol. The van der Waals surface area contributed by atoms with Crippen LogP contribution in [0.25, 0.3) is 0 Å². The summed E-state index contributed by atoms with van der Waals surface area (Å²) < 4.78 is 5.56. The van der Waals surface area contributed by atoms with Crippen LogP contribution in [0.15, 0.2) is 42.7 Å². The lowest BCUT2D eigenvalue weighted by atomic mass is 10.0. The summed E-state index contributed by atoms with van der Waals surface area (Å²) in [4.78, 5) is 16.5. The van der Waals surface area contributed by atoms with Crippen molar-refractivity contribution in [3.8, 4) is 0 Å². The van der Waals surface area contributed by atoms with Crippen LogP contribution in [0.2, 0.25) is 0 Å². The van der Waals surface area contributed by atoms with Crippen LogP contribution in [0.1, 0.15) is 46.6 Å². The summed E-state index contributed by atoms with van der Waals surface area (Å²) in [5.74, 6) is 0.519. The minimum atomic E-state index is -0.478. The lowest BCUT2D eigenvalue weighted by Gasteiger charge is -2.39. The first-order chi connectivity index (χ1) is 11.2. The summed E-state index contributed by atoms with van der Waals surface area (Å²) in [7, 11) is 0. The van der Waals surface area contributed by atoms with Crippen molar-refractivity contribution in [1.29, 1.82) is 0 Å². The summed E-state index contributed by atoms with van der Waals surface area (Å²) in [6, 6.07) is 10.5. The van der Waals surface area contributed by atoms with Gasteiger partial charge in [0.25, 0.3) is 0 Å². The molecule has 0 bridgehead atoms. The SMILES string of the molecule is CC(C)C[C@H]1CN(Cc2ccccc2)C=CN1C(=O)OC(C)(C)C. The molecular weight excluding hydrogens is 300 g/mol. The van der Waals surface area contributed by atoms with Crippen molar-refractivity contribution in [1.82, 2.24) is 9.80 Å². The van der Waals surface area contributed by atoms with Gasteiger partial charge < -0.3 is 9.64 Å². The molecule has 1 amide bonds. The molecule has 1 aromatic carbocycles. The van der Waals surface area contributed by atoms with E-state index in [1.165, 1.54) is 5.56 Å². The van der Waals surface area contributed by atoms with E-state index in [0.29, 0.717) is 5.92 Å². The van der Waals surface area contributed by atoms with Gasteiger partial charge in [0.15, 0.2) is 0 Å². The third-order valence-electron chi connectivity index (χ3n) is 3.85. The molecule has 24 heavy (non-hydrogen) atoms. The van der Waals surface area contributed by atoms with Crippen molar-refractivity contribution in [2.24, 2.45) is 5.92 Å². The molecule has 1 aromatic rings. The van der Waals surface area contributed by atoms with Crippen molar-refractivity contribution >= 4 is 6.09 Å². The molecule has 0 fully saturated rings. The maximum atomic E-state index is 12.5. The van der Waals surface area contributed by atoms with Crippen LogP contribution in [0, 0.1) is 5.92 Å². The highest BCUT2D eigenvalue weighted by Gasteiger charge is 2.30. The highest BCUT2D eigenvalue weighted by Crippen LogP contribution is 2.22. The van der Waals surface area contributed by atoms with Gasteiger partial charge in [-0.05, 0) is 38.7 Å². The van der Waals surface area contributed by atoms with E-state index in [0.717, 1.165) is 19.5 Å². The van der Waals surface area contributed by atoms with Gasteiger partial charge in [-0.2, -0.15) is 0 Å². The van der Waals surface area contributed by atoms with Gasteiger partial charge in [-0.25, -0.2) is 4.79 Å². The Hall–Kier alpha value is -1.97. The van der Waals surface area contributed by atoms with E-state index in [1.54, 1.807) is 4.90 Å². The molecule has 1 aliphatic rings. The number of benzene rings is 1. The van der Waals surface area contributed by atoms with Crippen LogP contribution in [-0.4, -0.2) is 34.1 Å². The van der Waals surface area contributed by atoms with Crippen molar-refractivity contribution in [3.63, 3.8) is 0 Å². The fourth-order valence-corrected chi connectivity index (χ4v) is 2.90. The Bertz CT molecular complexity index is 561. The molecule has 132 valence electrons. The van der Waals surface area contributed by atoms with Gasteiger partial charge in [-0.3, -0.25) is 4.90 Å². The average molecular weight is 330 g/mol. The first kappa shape index (κ1) is 18.4. The second-order valence-electron chi connectivity index (χ2n) is 7.88. The molecule has 0 radical (unpaired) electrons. The van der Waals surface area contributed by atoms with Gasteiger partial charge >= 0.3 is 6.09 Å². The molecule has 0 aromatic heterocycles. The van der Waals surface area contributed by atoms with Crippen LogP contribution < -0.4 is 0 Å². The predicted octanol–water partition coefficient (Wildman–Crippen LogP) is 4.63. The highest BCUT2D eigenvalue weighted by atomic mass is 16.6. The zero-order valence-corrected chi connectivity index (χ0v) is 15.5. The second-order valence-corrected chi connectivity index (χ2v) is 7.88. The summed E-state index contributed by atoms with van der Waals surface area (Å²) in [6.45, 7) is 11.8. The summed E-state index contributed by atoms with van der Waals surface area (Å²) in [5.41, 5.74) is 0.797. The Morgan fingerprint density at radius 3 is 2.46 bits per heavy atom. The van der Waals surface area contributed by atoms with Crippen LogP contribution in [0.4, 0.5) is 4.79 Å². The number of rotatable bonds is 4. The Morgan fingerprint density at radius 2 is 1.88 bits per heavy atom. The topological polar surface area (TPSA) is 32.8 Å². The van der Waals surface area contributed by atoms with Crippen LogP contribution >= 0.6 is 0 Å². The number of nitrogens with zero attached hydrogens (tertiary/aromatic N) is 2. The molecule has 2 rings (SSSR count). The van der Waals surface area contributed by atoms with Crippen molar-refractivity contribution < 1.29 is 9.53 Å². The fraction of sp³-hybridized carbons (Fsp3) is 0.550. The maximum Gasteiger partial charge on any atom is 0.414 e. The van der Waals surface area contributed by atoms with E-state index < -0.39 is 5.60 Å². The number of carbonyl (C=O) groups excluding carboxylic acids is 1. The minimum absolute atomic E-state index is 0.133. The fourth-order valence-electron chi connectivity index (χ4n) is 2.90. The number of amides is 1. The standard InChI is InChI=1S/C20H30N2O2/c1-16(2)13-18-15-21(14-17-9-7-6-8-10-17)11-12-22(18)19(23)24-20(3,4)5/h6-12,16,18H,13-15H2,1-5H3/t18-/m0/s1. The quantitative estimate of drug-likeness (QED) is 0.807. The Balaban J connectivity index is 2.10. The van der Waals surface area contributed by atoms with Crippen molar-refractivity contribution in [3.05, 3.63) is 48.3 Å². The largest absolute Gasteiger partial charge is 0.443 e. The Labute approximate surface area is 146 Å². The van der Waals surface area contributed by atoms with Crippen LogP contribution in [-0.2, 0) is 11.3 Å². The molecule has 4 heteroatoms. The predicted molar refractivity (Wildman–Crippen MR) is 97.3 cm³/mol. The second kappa shape index (κ2) is 7.73. The summed E-state index contributed by atoms with van der Waals surface area (Å²) in [5, 5.41) is 0. The van der Waals surface area contributed by atoms with Gasteiger partial charge in [0, 0.05) is 25.5 Å². The molecule has 0 saturated heterocycles. The first-order valence-corrected chi connectivity index (χ1v) is 8.72. The average Bonchev–Trinajstić information content (AvgIpc) is 2.46. The number of ether oxygens (including phenoxy) is 1. The van der Waals surface area contributed by atoms with E-state index in [1.807, 2.05) is 39.2 Å². The molecule has 4 nitrogen and oxygen atoms in total. The molecule has 0 spiro atoms. The maximum absolute atomic E-state index is 12.5. The molecule has 1 atom stereocenters. The normalized spacial score (nSPS) is 18.2. The molecule has 1 aliphatic heterocycles. The van der Waals surface area contributed by atoms with Gasteiger partial charge in [0.1, 0.15) is 5.60 Å². The van der Waals surface area contributed by atoms with E-state index in [9.17, 15) is 4.79 Å². The Kier molecular flexibility index (Phi) is 5.92. The van der Waals surface area contributed by atoms with Crippen molar-refractivity contribution in [2.75, 3.05) is 6.54 Å². The highest BCUT2D eigenvalue weighted by molar-refractivity contribution is 5.70. The first-order valence-electron chi connectivity index (χ1n) is 8.72. The summed E-state index contributed by atoms with van der Waals surface area (Å²) in [6.07, 6.45) is 4.56. The van der Waals surface area contributed by atoms with Gasteiger partial charge in [-0.15, -0.1) is 0 Å². The number of hydrogen-bond donors (Lipinski definition) is 0. The van der Waals surface area contributed by atoms with E-state index >= 15 is 0 Å². The van der Waals surface area contributed by atoms with E-state index in [-0.39, 0.29) is 12.1 Å². The zero-order chi connectivity index (χ0) is 17.7. The number of carbonyl (C=O) groups is 1. The van der Waals surface area contributed by atoms with Crippen molar-refractivity contribution in [2.45, 2.75) is 59.2 Å². The molecule has 0 unspecified atom stereocenters. The van der Waals surface area contributed by atoms with Gasteiger partial charge in [0.2, 0.25) is 0 Å². The zero-order valence-electron chi connectivity index (χ0n) is 15.5. The van der Waals surface area contributed by atoms with E-state index in [2.05, 4.69) is 43.0 Å². The minimum Gasteiger partial charge on any atom is -0.443 e. The molecular formula is C20H30N2O2. The molecule has 0 N–H and O–H groups in total. The number of hydrogen-bond acceptors (Lipinski definition) is 3. The van der Waals surface area contributed by atoms with Crippen LogP contribution in [0.5, 0.6) is 0 Å². The molecule has 1 heterocycles. The Morgan fingerprint density at radius 1 is 1.21 bits per heavy atom. The smallest absolute Gasteiger partial charge is 0.414 e. The van der Waals surface area contributed by atoms with E-state index in [4.69, 9.17) is 4.74 Å². The summed E-state index contributed by atoms with van der Waals surface area (Å²) >= 11 is 0. The van der Waals surface area contributed by atoms with Gasteiger partial charge in [-0.1, -0.05) is 44.2 Å². The lowest BCUT2D eigenvalue weighted by Crippen LogP contribution is -2.48.